The van der Waals surface area contributed by atoms with Gasteiger partial charge in [0, 0.05) is 12.3 Å². The molecule has 2 fully saturated rings. The Labute approximate surface area is 184 Å². The maximum Gasteiger partial charge on any atom is 0.191 e. The number of hydrogen-bond acceptors (Lipinski definition) is 5. The molecular formula is C23H36N5OS+. The van der Waals surface area contributed by atoms with Gasteiger partial charge in [0.2, 0.25) is 0 Å². The van der Waals surface area contributed by atoms with Crippen molar-refractivity contribution in [1.82, 2.24) is 14.8 Å². The molecule has 0 bridgehead atoms. The van der Waals surface area contributed by atoms with E-state index >= 15 is 0 Å². The normalized spacial score (nSPS) is 20.0. The van der Waals surface area contributed by atoms with Crippen LogP contribution in [0.25, 0.3) is 0 Å². The van der Waals surface area contributed by atoms with E-state index in [4.69, 9.17) is 4.74 Å². The molecule has 4 rings (SSSR count). The summed E-state index contributed by atoms with van der Waals surface area (Å²) in [7, 11) is 0. The average molecular weight is 431 g/mol. The standard InChI is InChI=1S/C23H35N5OS/c1-18-8-9-21(19(2)15-18)24-16-22-25-26-23(28(22)17-20-7-6-13-29-20)30-14-12-27-10-4-3-5-11-27/h8-9,15,20,24H,3-7,10-14,16-17H2,1-2H3/p+1/t20-/m1/s1. The van der Waals surface area contributed by atoms with Crippen LogP contribution in [-0.4, -0.2) is 52.9 Å². The number of piperidine rings is 1. The number of ether oxygens (including phenoxy) is 1. The van der Waals surface area contributed by atoms with E-state index in [-0.39, 0.29) is 6.10 Å². The van der Waals surface area contributed by atoms with E-state index in [1.54, 1.807) is 4.90 Å². The first kappa shape index (κ1) is 21.7. The molecule has 2 aliphatic rings. The summed E-state index contributed by atoms with van der Waals surface area (Å²) in [5, 5.41) is 13.7. The van der Waals surface area contributed by atoms with Gasteiger partial charge >= 0.3 is 0 Å². The van der Waals surface area contributed by atoms with Crippen molar-refractivity contribution in [3.05, 3.63) is 35.2 Å². The van der Waals surface area contributed by atoms with Gasteiger partial charge in [-0.3, -0.25) is 0 Å². The number of rotatable bonds is 9. The summed E-state index contributed by atoms with van der Waals surface area (Å²) in [5.74, 6) is 2.10. The maximum absolute atomic E-state index is 5.92. The molecule has 0 unspecified atom stereocenters. The van der Waals surface area contributed by atoms with E-state index in [1.165, 1.54) is 50.0 Å². The van der Waals surface area contributed by atoms with E-state index < -0.39 is 0 Å². The third-order valence-electron chi connectivity index (χ3n) is 6.27. The van der Waals surface area contributed by atoms with Gasteiger partial charge in [-0.05, 0) is 57.6 Å². The largest absolute Gasteiger partial charge is 0.378 e. The summed E-state index contributed by atoms with van der Waals surface area (Å²) in [6.07, 6.45) is 6.73. The van der Waals surface area contributed by atoms with Crippen LogP contribution >= 0.6 is 11.8 Å². The highest BCUT2D eigenvalue weighted by Gasteiger charge is 2.22. The molecule has 1 aromatic heterocycles. The highest BCUT2D eigenvalue weighted by atomic mass is 32.2. The van der Waals surface area contributed by atoms with Crippen LogP contribution in [0, 0.1) is 13.8 Å². The molecule has 0 spiro atoms. The number of aryl methyl sites for hydroxylation is 2. The lowest BCUT2D eigenvalue weighted by Gasteiger charge is -2.23. The molecule has 0 aliphatic carbocycles. The van der Waals surface area contributed by atoms with Crippen LogP contribution in [0.3, 0.4) is 0 Å². The van der Waals surface area contributed by atoms with Crippen LogP contribution in [0.5, 0.6) is 0 Å². The third kappa shape index (κ3) is 5.77. The number of hydrogen-bond donors (Lipinski definition) is 2. The second-order valence-electron chi connectivity index (χ2n) is 8.73. The lowest BCUT2D eigenvalue weighted by molar-refractivity contribution is -0.902. The van der Waals surface area contributed by atoms with Crippen molar-refractivity contribution in [2.45, 2.75) is 70.3 Å². The maximum atomic E-state index is 5.92. The Morgan fingerprint density at radius 1 is 1.17 bits per heavy atom. The fourth-order valence-electron chi connectivity index (χ4n) is 4.51. The molecule has 0 amide bonds. The van der Waals surface area contributed by atoms with Gasteiger partial charge in [-0.2, -0.15) is 0 Å². The molecule has 2 aliphatic heterocycles. The number of aromatic nitrogens is 3. The van der Waals surface area contributed by atoms with E-state index in [0.717, 1.165) is 48.4 Å². The first-order chi connectivity index (χ1) is 14.7. The van der Waals surface area contributed by atoms with Crippen molar-refractivity contribution in [1.29, 1.82) is 0 Å². The zero-order valence-corrected chi connectivity index (χ0v) is 19.3. The Morgan fingerprint density at radius 3 is 2.80 bits per heavy atom. The Kier molecular flexibility index (Phi) is 7.68. The third-order valence-corrected chi connectivity index (χ3v) is 7.24. The van der Waals surface area contributed by atoms with Crippen LogP contribution < -0.4 is 10.2 Å². The van der Waals surface area contributed by atoms with Crippen LogP contribution in [-0.2, 0) is 17.8 Å². The SMILES string of the molecule is Cc1ccc(NCc2nnc(SCC[NH+]3CCCCC3)n2C[C@H]2CCCO2)c(C)c1. The predicted octanol–water partition coefficient (Wildman–Crippen LogP) is 2.85. The van der Waals surface area contributed by atoms with Gasteiger partial charge in [0.15, 0.2) is 11.0 Å². The van der Waals surface area contributed by atoms with Crippen molar-refractivity contribution in [2.75, 3.05) is 37.3 Å². The summed E-state index contributed by atoms with van der Waals surface area (Å²) < 4.78 is 8.22. The lowest BCUT2D eigenvalue weighted by atomic mass is 10.1. The molecule has 30 heavy (non-hydrogen) atoms. The Balaban J connectivity index is 1.40. The molecule has 3 heterocycles. The van der Waals surface area contributed by atoms with Crippen LogP contribution in [0.4, 0.5) is 5.69 Å². The van der Waals surface area contributed by atoms with Gasteiger partial charge in [-0.15, -0.1) is 10.2 Å². The smallest absolute Gasteiger partial charge is 0.191 e. The average Bonchev–Trinajstić information content (AvgIpc) is 3.39. The molecule has 164 valence electrons. The van der Waals surface area contributed by atoms with Crippen LogP contribution in [0.2, 0.25) is 0 Å². The molecule has 1 aromatic carbocycles. The minimum Gasteiger partial charge on any atom is -0.378 e. The number of likely N-dealkylation sites (tertiary alicyclic amines) is 1. The van der Waals surface area contributed by atoms with Crippen molar-refractivity contribution in [2.24, 2.45) is 0 Å². The first-order valence-corrected chi connectivity index (χ1v) is 12.5. The molecule has 0 radical (unpaired) electrons. The van der Waals surface area contributed by atoms with Gasteiger partial charge in [0.05, 0.1) is 44.6 Å². The van der Waals surface area contributed by atoms with Gasteiger partial charge < -0.3 is 19.5 Å². The van der Waals surface area contributed by atoms with Gasteiger partial charge in [-0.25, -0.2) is 0 Å². The fourth-order valence-corrected chi connectivity index (χ4v) is 5.51. The second-order valence-corrected chi connectivity index (χ2v) is 9.79. The number of benzene rings is 1. The summed E-state index contributed by atoms with van der Waals surface area (Å²) in [6, 6.07) is 6.52. The van der Waals surface area contributed by atoms with Crippen molar-refractivity contribution in [3.8, 4) is 0 Å². The van der Waals surface area contributed by atoms with E-state index in [0.29, 0.717) is 6.54 Å². The highest BCUT2D eigenvalue weighted by molar-refractivity contribution is 7.99. The van der Waals surface area contributed by atoms with E-state index in [2.05, 4.69) is 52.1 Å². The number of thioether (sulfide) groups is 1. The molecule has 6 nitrogen and oxygen atoms in total. The zero-order valence-electron chi connectivity index (χ0n) is 18.5. The molecule has 2 saturated heterocycles. The summed E-state index contributed by atoms with van der Waals surface area (Å²) in [5.41, 5.74) is 3.71. The van der Waals surface area contributed by atoms with Crippen LogP contribution in [0.15, 0.2) is 23.4 Å². The Bertz CT molecular complexity index is 812. The number of nitrogens with one attached hydrogen (secondary N) is 2. The highest BCUT2D eigenvalue weighted by Crippen LogP contribution is 2.22. The van der Waals surface area contributed by atoms with Crippen molar-refractivity contribution < 1.29 is 9.64 Å². The van der Waals surface area contributed by atoms with Crippen molar-refractivity contribution in [3.63, 3.8) is 0 Å². The van der Waals surface area contributed by atoms with Gasteiger partial charge in [0.25, 0.3) is 0 Å². The summed E-state index contributed by atoms with van der Waals surface area (Å²) >= 11 is 1.86. The predicted molar refractivity (Wildman–Crippen MR) is 122 cm³/mol. The second kappa shape index (κ2) is 10.6. The zero-order chi connectivity index (χ0) is 20.8. The minimum atomic E-state index is 0.285. The number of nitrogens with zero attached hydrogens (tertiary/aromatic N) is 3. The van der Waals surface area contributed by atoms with E-state index in [1.807, 2.05) is 11.8 Å². The van der Waals surface area contributed by atoms with Gasteiger partial charge in [0.1, 0.15) is 0 Å². The fraction of sp³-hybridized carbons (Fsp3) is 0.652. The van der Waals surface area contributed by atoms with Crippen LogP contribution in [0.1, 0.15) is 49.1 Å². The Morgan fingerprint density at radius 2 is 2.03 bits per heavy atom. The van der Waals surface area contributed by atoms with E-state index in [9.17, 15) is 0 Å². The van der Waals surface area contributed by atoms with Crippen molar-refractivity contribution >= 4 is 17.4 Å². The first-order valence-electron chi connectivity index (χ1n) is 11.5. The molecule has 2 N–H and O–H groups in total. The summed E-state index contributed by atoms with van der Waals surface area (Å²) in [6.45, 7) is 10.6. The Hall–Kier alpha value is -1.57. The molecule has 7 heteroatoms. The molecule has 2 aromatic rings. The quantitative estimate of drug-likeness (QED) is 0.599. The molecule has 1 atom stereocenters. The lowest BCUT2D eigenvalue weighted by Crippen LogP contribution is -3.13. The topological polar surface area (TPSA) is 56.4 Å². The minimum absolute atomic E-state index is 0.285. The number of quaternary nitrogens is 1. The monoisotopic (exact) mass is 430 g/mol. The number of anilines is 1. The van der Waals surface area contributed by atoms with Gasteiger partial charge in [-0.1, -0.05) is 29.5 Å². The molecule has 0 saturated carbocycles. The molecular weight excluding hydrogens is 394 g/mol. The summed E-state index contributed by atoms with van der Waals surface area (Å²) in [4.78, 5) is 1.75.